The fourth-order valence-corrected chi connectivity index (χ4v) is 4.75. The smallest absolute Gasteiger partial charge is 0.416 e. The Morgan fingerprint density at radius 2 is 1.69 bits per heavy atom. The fourth-order valence-electron chi connectivity index (χ4n) is 3.29. The molecule has 2 heterocycles. The molecule has 0 aliphatic rings. The first kappa shape index (κ1) is 22.4. The number of ether oxygens (including phenoxy) is 2. The van der Waals surface area contributed by atoms with E-state index in [-0.39, 0.29) is 6.61 Å². The maximum atomic E-state index is 12.9. The van der Waals surface area contributed by atoms with Crippen molar-refractivity contribution in [3.63, 3.8) is 0 Å². The highest BCUT2D eigenvalue weighted by Gasteiger charge is 2.30. The van der Waals surface area contributed by atoms with E-state index in [1.54, 1.807) is 47.9 Å². The van der Waals surface area contributed by atoms with Gasteiger partial charge in [0.25, 0.3) is 0 Å². The van der Waals surface area contributed by atoms with Crippen molar-refractivity contribution in [3.8, 4) is 11.5 Å². The summed E-state index contributed by atoms with van der Waals surface area (Å²) in [5, 5.41) is 3.38. The Morgan fingerprint density at radius 3 is 2.41 bits per heavy atom. The molecule has 0 N–H and O–H groups in total. The first-order chi connectivity index (χ1) is 15.3. The van der Waals surface area contributed by atoms with Gasteiger partial charge in [-0.1, -0.05) is 36.7 Å². The number of alkyl halides is 3. The molecule has 0 radical (unpaired) electrons. The summed E-state index contributed by atoms with van der Waals surface area (Å²) in [6.45, 7) is 2.40. The number of rotatable bonds is 7. The lowest BCUT2D eigenvalue weighted by Crippen LogP contribution is -2.06. The van der Waals surface area contributed by atoms with Crippen molar-refractivity contribution in [1.82, 2.24) is 4.98 Å². The van der Waals surface area contributed by atoms with Crippen LogP contribution in [0.3, 0.4) is 0 Å². The molecule has 0 unspecified atom stereocenters. The van der Waals surface area contributed by atoms with Crippen LogP contribution in [0.25, 0.3) is 10.1 Å². The Kier molecular flexibility index (Phi) is 6.58. The Bertz CT molecular complexity index is 1240. The molecule has 2 aromatic heterocycles. The van der Waals surface area contributed by atoms with Crippen molar-refractivity contribution in [1.29, 1.82) is 0 Å². The molecule has 0 aliphatic carbocycles. The Labute approximate surface area is 192 Å². The van der Waals surface area contributed by atoms with Crippen LogP contribution in [0.5, 0.6) is 11.5 Å². The van der Waals surface area contributed by atoms with Crippen LogP contribution in [0.4, 0.5) is 13.2 Å². The third-order valence-electron chi connectivity index (χ3n) is 4.94. The van der Waals surface area contributed by atoms with E-state index in [1.807, 2.05) is 5.38 Å². The Balaban J connectivity index is 1.44. The summed E-state index contributed by atoms with van der Waals surface area (Å²) in [6, 6.07) is 12.1. The summed E-state index contributed by atoms with van der Waals surface area (Å²) in [4.78, 5) is 4.28. The molecule has 32 heavy (non-hydrogen) atoms. The molecule has 0 bridgehead atoms. The number of thiophene rings is 1. The zero-order valence-corrected chi connectivity index (χ0v) is 18.7. The Morgan fingerprint density at radius 1 is 0.969 bits per heavy atom. The molecule has 3 nitrogen and oxygen atoms in total. The third kappa shape index (κ3) is 5.00. The van der Waals surface area contributed by atoms with E-state index in [0.29, 0.717) is 28.8 Å². The molecular weight excluding hydrogens is 459 g/mol. The van der Waals surface area contributed by atoms with Gasteiger partial charge in [-0.3, -0.25) is 0 Å². The van der Waals surface area contributed by atoms with Gasteiger partial charge in [0.1, 0.15) is 29.9 Å². The lowest BCUT2D eigenvalue weighted by Gasteiger charge is -2.11. The van der Waals surface area contributed by atoms with Crippen LogP contribution in [-0.4, -0.2) is 4.98 Å². The zero-order valence-electron chi connectivity index (χ0n) is 17.1. The van der Waals surface area contributed by atoms with Gasteiger partial charge in [-0.05, 0) is 47.2 Å². The average Bonchev–Trinajstić information content (AvgIpc) is 3.22. The van der Waals surface area contributed by atoms with E-state index in [0.717, 1.165) is 39.8 Å². The van der Waals surface area contributed by atoms with Gasteiger partial charge in [0.2, 0.25) is 0 Å². The standard InChI is InChI=1S/C24H19ClF3NO2S/c1-2-16-11-29-23(25)21-17(14-32-22(16)21)13-31-20-8-4-7-19(10-20)30-12-15-5-3-6-18(9-15)24(26,27)28/h3-11,14H,2,12-13H2,1H3. The number of aryl methyl sites for hydroxylation is 1. The monoisotopic (exact) mass is 477 g/mol. The van der Waals surface area contributed by atoms with Crippen LogP contribution in [0.1, 0.15) is 29.2 Å². The first-order valence-corrected chi connectivity index (χ1v) is 11.2. The molecule has 4 rings (SSSR count). The van der Waals surface area contributed by atoms with E-state index in [1.165, 1.54) is 6.07 Å². The minimum atomic E-state index is -4.38. The molecule has 0 atom stereocenters. The highest BCUT2D eigenvalue weighted by molar-refractivity contribution is 7.17. The predicted molar refractivity (Wildman–Crippen MR) is 121 cm³/mol. The highest BCUT2D eigenvalue weighted by Crippen LogP contribution is 2.34. The van der Waals surface area contributed by atoms with Gasteiger partial charge in [0.15, 0.2) is 0 Å². The van der Waals surface area contributed by atoms with Gasteiger partial charge in [-0.2, -0.15) is 13.2 Å². The number of hydrogen-bond donors (Lipinski definition) is 0. The van der Waals surface area contributed by atoms with Crippen molar-refractivity contribution >= 4 is 33.0 Å². The van der Waals surface area contributed by atoms with Crippen molar-refractivity contribution in [3.05, 3.63) is 87.5 Å². The lowest BCUT2D eigenvalue weighted by molar-refractivity contribution is -0.137. The average molecular weight is 478 g/mol. The maximum absolute atomic E-state index is 12.9. The minimum Gasteiger partial charge on any atom is -0.489 e. The molecule has 8 heteroatoms. The summed E-state index contributed by atoms with van der Waals surface area (Å²) in [5.41, 5.74) is 1.83. The van der Waals surface area contributed by atoms with Gasteiger partial charge < -0.3 is 9.47 Å². The number of hydrogen-bond acceptors (Lipinski definition) is 4. The third-order valence-corrected chi connectivity index (χ3v) is 6.33. The van der Waals surface area contributed by atoms with Gasteiger partial charge in [0, 0.05) is 27.9 Å². The second-order valence-corrected chi connectivity index (χ2v) is 8.38. The maximum Gasteiger partial charge on any atom is 0.416 e. The molecule has 2 aromatic carbocycles. The SMILES string of the molecule is CCc1cnc(Cl)c2c(COc3cccc(OCc4cccc(C(F)(F)F)c4)c3)csc12. The summed E-state index contributed by atoms with van der Waals surface area (Å²) >= 11 is 7.94. The summed E-state index contributed by atoms with van der Waals surface area (Å²) in [5.74, 6) is 1.09. The number of benzene rings is 2. The molecule has 0 aliphatic heterocycles. The van der Waals surface area contributed by atoms with Crippen LogP contribution in [-0.2, 0) is 25.8 Å². The second-order valence-electron chi connectivity index (χ2n) is 7.14. The lowest BCUT2D eigenvalue weighted by atomic mass is 10.1. The van der Waals surface area contributed by atoms with Crippen LogP contribution in [0.15, 0.2) is 60.1 Å². The van der Waals surface area contributed by atoms with Crippen molar-refractivity contribution in [2.75, 3.05) is 0 Å². The van der Waals surface area contributed by atoms with Crippen LogP contribution >= 0.6 is 22.9 Å². The van der Waals surface area contributed by atoms with E-state index >= 15 is 0 Å². The topological polar surface area (TPSA) is 31.4 Å². The molecule has 0 amide bonds. The van der Waals surface area contributed by atoms with Crippen LogP contribution < -0.4 is 9.47 Å². The number of pyridine rings is 1. The largest absolute Gasteiger partial charge is 0.489 e. The van der Waals surface area contributed by atoms with Gasteiger partial charge in [-0.15, -0.1) is 11.3 Å². The van der Waals surface area contributed by atoms with Crippen LogP contribution in [0.2, 0.25) is 5.15 Å². The van der Waals surface area contributed by atoms with Crippen molar-refractivity contribution < 1.29 is 22.6 Å². The quantitative estimate of drug-likeness (QED) is 0.256. The zero-order chi connectivity index (χ0) is 22.7. The molecule has 166 valence electrons. The minimum absolute atomic E-state index is 0.0175. The van der Waals surface area contributed by atoms with E-state index in [9.17, 15) is 13.2 Å². The number of nitrogens with zero attached hydrogens (tertiary/aromatic N) is 1. The molecule has 0 spiro atoms. The van der Waals surface area contributed by atoms with E-state index in [2.05, 4.69) is 11.9 Å². The van der Waals surface area contributed by atoms with E-state index < -0.39 is 11.7 Å². The van der Waals surface area contributed by atoms with Gasteiger partial charge >= 0.3 is 6.18 Å². The Hall–Kier alpha value is -2.77. The highest BCUT2D eigenvalue weighted by atomic mass is 35.5. The van der Waals surface area contributed by atoms with Gasteiger partial charge in [-0.25, -0.2) is 4.98 Å². The first-order valence-electron chi connectivity index (χ1n) is 9.90. The number of fused-ring (bicyclic) bond motifs is 1. The number of aromatic nitrogens is 1. The molecular formula is C24H19ClF3NO2S. The summed E-state index contributed by atoms with van der Waals surface area (Å²) in [7, 11) is 0. The summed E-state index contributed by atoms with van der Waals surface area (Å²) in [6.07, 6.45) is -1.71. The summed E-state index contributed by atoms with van der Waals surface area (Å²) < 4.78 is 51.4. The molecule has 4 aromatic rings. The van der Waals surface area contributed by atoms with E-state index in [4.69, 9.17) is 21.1 Å². The van der Waals surface area contributed by atoms with Crippen molar-refractivity contribution in [2.45, 2.75) is 32.7 Å². The molecule has 0 fully saturated rings. The predicted octanol–water partition coefficient (Wildman–Crippen LogP) is 7.69. The molecule has 0 saturated carbocycles. The van der Waals surface area contributed by atoms with Crippen LogP contribution in [0, 0.1) is 0 Å². The van der Waals surface area contributed by atoms with Crippen molar-refractivity contribution in [2.24, 2.45) is 0 Å². The number of halogens is 4. The molecule has 0 saturated heterocycles. The van der Waals surface area contributed by atoms with Gasteiger partial charge in [0.05, 0.1) is 5.56 Å². The normalized spacial score (nSPS) is 11.7. The fraction of sp³-hybridized carbons (Fsp3) is 0.208. The second kappa shape index (κ2) is 9.38.